The summed E-state index contributed by atoms with van der Waals surface area (Å²) < 4.78 is 39.2. The molecule has 1 aromatic carbocycles. The van der Waals surface area contributed by atoms with Crippen molar-refractivity contribution in [1.82, 2.24) is 4.57 Å². The molecule has 4 heteroatoms. The maximum absolute atomic E-state index is 12.5. The van der Waals surface area contributed by atoms with Crippen LogP contribution in [-0.2, 0) is 12.7 Å². The van der Waals surface area contributed by atoms with Crippen molar-refractivity contribution in [2.24, 2.45) is 0 Å². The van der Waals surface area contributed by atoms with E-state index in [9.17, 15) is 13.2 Å². The molecule has 0 bridgehead atoms. The van der Waals surface area contributed by atoms with Crippen LogP contribution in [0.2, 0.25) is 0 Å². The summed E-state index contributed by atoms with van der Waals surface area (Å²) in [7, 11) is 0. The molecule has 0 saturated carbocycles. The first-order valence-corrected chi connectivity index (χ1v) is 4.91. The lowest BCUT2D eigenvalue weighted by Gasteiger charge is -2.02. The number of aromatic nitrogens is 1. The molecule has 0 saturated heterocycles. The summed E-state index contributed by atoms with van der Waals surface area (Å²) in [5, 5.41) is 0. The standard InChI is InChI=1S/C12H8F3N/c13-12(14,15)9-5-11-10-4-2-1-3-8(10)6-16(11)7-9/h1-5,7H,6H2. The van der Waals surface area contributed by atoms with Gasteiger partial charge in [-0.25, -0.2) is 0 Å². The molecular formula is C12H8F3N. The predicted octanol–water partition coefficient (Wildman–Crippen LogP) is 3.54. The molecule has 82 valence electrons. The van der Waals surface area contributed by atoms with Crippen LogP contribution in [-0.4, -0.2) is 4.57 Å². The largest absolute Gasteiger partial charge is 0.417 e. The number of fused-ring (bicyclic) bond motifs is 3. The monoisotopic (exact) mass is 223 g/mol. The molecule has 0 N–H and O–H groups in total. The Hall–Kier alpha value is -1.71. The highest BCUT2D eigenvalue weighted by Crippen LogP contribution is 2.38. The van der Waals surface area contributed by atoms with Crippen LogP contribution in [0.5, 0.6) is 0 Å². The molecule has 0 spiro atoms. The summed E-state index contributed by atoms with van der Waals surface area (Å²) in [5.74, 6) is 0. The Morgan fingerprint density at radius 2 is 1.88 bits per heavy atom. The summed E-state index contributed by atoms with van der Waals surface area (Å²) in [6.45, 7) is 0.529. The van der Waals surface area contributed by atoms with Gasteiger partial charge in [-0.2, -0.15) is 13.2 Å². The van der Waals surface area contributed by atoms with Gasteiger partial charge in [-0.3, -0.25) is 0 Å². The zero-order chi connectivity index (χ0) is 11.3. The van der Waals surface area contributed by atoms with Crippen LogP contribution in [0, 0.1) is 0 Å². The van der Waals surface area contributed by atoms with Gasteiger partial charge in [0.2, 0.25) is 0 Å². The fourth-order valence-electron chi connectivity index (χ4n) is 2.11. The zero-order valence-corrected chi connectivity index (χ0v) is 8.25. The molecule has 0 aliphatic carbocycles. The van der Waals surface area contributed by atoms with Crippen LogP contribution < -0.4 is 0 Å². The summed E-state index contributed by atoms with van der Waals surface area (Å²) in [4.78, 5) is 0. The highest BCUT2D eigenvalue weighted by atomic mass is 19.4. The summed E-state index contributed by atoms with van der Waals surface area (Å²) in [6, 6.07) is 8.75. The SMILES string of the molecule is FC(F)(F)c1cc2n(c1)Cc1ccccc1-2. The number of hydrogen-bond acceptors (Lipinski definition) is 0. The van der Waals surface area contributed by atoms with Crippen LogP contribution in [0.15, 0.2) is 36.5 Å². The molecule has 2 heterocycles. The van der Waals surface area contributed by atoms with Gasteiger partial charge < -0.3 is 4.57 Å². The van der Waals surface area contributed by atoms with E-state index < -0.39 is 11.7 Å². The van der Waals surface area contributed by atoms with E-state index in [2.05, 4.69) is 0 Å². The van der Waals surface area contributed by atoms with E-state index in [4.69, 9.17) is 0 Å². The van der Waals surface area contributed by atoms with Gasteiger partial charge in [-0.1, -0.05) is 24.3 Å². The van der Waals surface area contributed by atoms with Gasteiger partial charge in [-0.05, 0) is 11.6 Å². The van der Waals surface area contributed by atoms with E-state index >= 15 is 0 Å². The maximum atomic E-state index is 12.5. The Morgan fingerprint density at radius 3 is 2.62 bits per heavy atom. The number of nitrogens with zero attached hydrogens (tertiary/aromatic N) is 1. The molecule has 1 nitrogen and oxygen atoms in total. The van der Waals surface area contributed by atoms with Crippen molar-refractivity contribution in [3.63, 3.8) is 0 Å². The fraction of sp³-hybridized carbons (Fsp3) is 0.167. The lowest BCUT2D eigenvalue weighted by atomic mass is 10.1. The molecule has 3 rings (SSSR count). The Balaban J connectivity index is 2.15. The first kappa shape index (κ1) is 9.51. The van der Waals surface area contributed by atoms with Gasteiger partial charge in [0.1, 0.15) is 0 Å². The smallest absolute Gasteiger partial charge is 0.342 e. The third-order valence-electron chi connectivity index (χ3n) is 2.86. The molecule has 0 atom stereocenters. The molecule has 1 aromatic heterocycles. The number of alkyl halides is 3. The number of halogens is 3. The molecular weight excluding hydrogens is 215 g/mol. The first-order chi connectivity index (χ1) is 7.55. The second-order valence-corrected chi connectivity index (χ2v) is 3.90. The summed E-state index contributed by atoms with van der Waals surface area (Å²) >= 11 is 0. The van der Waals surface area contributed by atoms with Crippen LogP contribution in [0.4, 0.5) is 13.2 Å². The van der Waals surface area contributed by atoms with Crippen LogP contribution in [0.1, 0.15) is 11.1 Å². The highest BCUT2D eigenvalue weighted by molar-refractivity contribution is 5.69. The van der Waals surface area contributed by atoms with Gasteiger partial charge in [0.15, 0.2) is 0 Å². The molecule has 0 unspecified atom stereocenters. The van der Waals surface area contributed by atoms with Crippen LogP contribution in [0.3, 0.4) is 0 Å². The van der Waals surface area contributed by atoms with E-state index in [-0.39, 0.29) is 0 Å². The topological polar surface area (TPSA) is 4.93 Å². The minimum atomic E-state index is -4.26. The average molecular weight is 223 g/mol. The summed E-state index contributed by atoms with van der Waals surface area (Å²) in [5.41, 5.74) is 2.06. The van der Waals surface area contributed by atoms with Crippen molar-refractivity contribution in [3.05, 3.63) is 47.7 Å². The van der Waals surface area contributed by atoms with Crippen molar-refractivity contribution < 1.29 is 13.2 Å². The van der Waals surface area contributed by atoms with Crippen LogP contribution in [0.25, 0.3) is 11.3 Å². The van der Waals surface area contributed by atoms with E-state index in [1.165, 1.54) is 12.3 Å². The number of benzene rings is 1. The van der Waals surface area contributed by atoms with Gasteiger partial charge in [0.25, 0.3) is 0 Å². The lowest BCUT2D eigenvalue weighted by Crippen LogP contribution is -2.03. The van der Waals surface area contributed by atoms with Crippen molar-refractivity contribution in [2.45, 2.75) is 12.7 Å². The minimum absolute atomic E-state index is 0.529. The Bertz CT molecular complexity index is 552. The summed E-state index contributed by atoms with van der Waals surface area (Å²) in [6.07, 6.45) is -3.08. The van der Waals surface area contributed by atoms with E-state index in [0.717, 1.165) is 11.1 Å². The van der Waals surface area contributed by atoms with E-state index in [0.29, 0.717) is 12.2 Å². The number of hydrogen-bond donors (Lipinski definition) is 0. The number of rotatable bonds is 0. The van der Waals surface area contributed by atoms with Gasteiger partial charge in [0.05, 0.1) is 5.56 Å². The van der Waals surface area contributed by atoms with Gasteiger partial charge in [0, 0.05) is 24.0 Å². The average Bonchev–Trinajstić information content (AvgIpc) is 2.72. The third kappa shape index (κ3) is 1.26. The van der Waals surface area contributed by atoms with Crippen molar-refractivity contribution in [2.75, 3.05) is 0 Å². The molecule has 2 aromatic rings. The second kappa shape index (κ2) is 2.90. The van der Waals surface area contributed by atoms with Crippen molar-refractivity contribution in [1.29, 1.82) is 0 Å². The fourth-order valence-corrected chi connectivity index (χ4v) is 2.11. The quantitative estimate of drug-likeness (QED) is 0.549. The van der Waals surface area contributed by atoms with Crippen molar-refractivity contribution >= 4 is 0 Å². The molecule has 0 amide bonds. The maximum Gasteiger partial charge on any atom is 0.417 e. The van der Waals surface area contributed by atoms with Gasteiger partial charge >= 0.3 is 6.18 Å². The lowest BCUT2D eigenvalue weighted by molar-refractivity contribution is -0.137. The Labute approximate surface area is 90.1 Å². The Kier molecular flexibility index (Phi) is 1.73. The van der Waals surface area contributed by atoms with Crippen LogP contribution >= 0.6 is 0 Å². The third-order valence-corrected chi connectivity index (χ3v) is 2.86. The second-order valence-electron chi connectivity index (χ2n) is 3.90. The predicted molar refractivity (Wildman–Crippen MR) is 54.0 cm³/mol. The molecule has 0 fully saturated rings. The van der Waals surface area contributed by atoms with E-state index in [1.54, 1.807) is 4.57 Å². The van der Waals surface area contributed by atoms with E-state index in [1.807, 2.05) is 24.3 Å². The first-order valence-electron chi connectivity index (χ1n) is 4.91. The Morgan fingerprint density at radius 1 is 1.12 bits per heavy atom. The zero-order valence-electron chi connectivity index (χ0n) is 8.25. The molecule has 16 heavy (non-hydrogen) atoms. The normalized spacial score (nSPS) is 13.7. The van der Waals surface area contributed by atoms with Gasteiger partial charge in [-0.15, -0.1) is 0 Å². The highest BCUT2D eigenvalue weighted by Gasteiger charge is 2.34. The molecule has 0 radical (unpaired) electrons. The van der Waals surface area contributed by atoms with Crippen molar-refractivity contribution in [3.8, 4) is 11.3 Å². The minimum Gasteiger partial charge on any atom is -0.342 e. The molecule has 1 aliphatic heterocycles. The molecule has 1 aliphatic rings.